The fourth-order valence-electron chi connectivity index (χ4n) is 2.83. The number of rotatable bonds is 5. The molecule has 2 fully saturated rings. The van der Waals surface area contributed by atoms with Crippen LogP contribution in [0.25, 0.3) is 0 Å². The van der Waals surface area contributed by atoms with E-state index in [2.05, 4.69) is 0 Å². The highest BCUT2D eigenvalue weighted by atomic mass is 16.3. The molecule has 2 rings (SSSR count). The van der Waals surface area contributed by atoms with Gasteiger partial charge in [0.25, 0.3) is 0 Å². The Hall–Kier alpha value is -1.10. The Morgan fingerprint density at radius 1 is 1.32 bits per heavy atom. The standard InChI is InChI=1S/C14H24N2O3/c1-2-13(18)15-7-3-4-11(10-15)14(19)16(8-9-17)12-5-6-12/h11-12,17H,2-10H2,1H3. The molecule has 108 valence electrons. The first-order valence-corrected chi connectivity index (χ1v) is 7.36. The quantitative estimate of drug-likeness (QED) is 0.795. The number of piperidine rings is 1. The maximum Gasteiger partial charge on any atom is 0.227 e. The van der Waals surface area contributed by atoms with Gasteiger partial charge in [0.05, 0.1) is 12.5 Å². The van der Waals surface area contributed by atoms with Gasteiger partial charge in [-0.05, 0) is 25.7 Å². The van der Waals surface area contributed by atoms with Crippen molar-refractivity contribution in [2.75, 3.05) is 26.2 Å². The van der Waals surface area contributed by atoms with E-state index in [0.717, 1.165) is 32.2 Å². The summed E-state index contributed by atoms with van der Waals surface area (Å²) in [5, 5.41) is 9.08. The van der Waals surface area contributed by atoms with Crippen LogP contribution in [0.2, 0.25) is 0 Å². The number of carbonyl (C=O) groups excluding carboxylic acids is 2. The number of likely N-dealkylation sites (tertiary alicyclic amines) is 1. The largest absolute Gasteiger partial charge is 0.395 e. The smallest absolute Gasteiger partial charge is 0.227 e. The van der Waals surface area contributed by atoms with Crippen molar-refractivity contribution in [2.45, 2.75) is 45.1 Å². The highest BCUT2D eigenvalue weighted by Gasteiger charge is 2.37. The molecule has 0 bridgehead atoms. The van der Waals surface area contributed by atoms with Gasteiger partial charge in [0.2, 0.25) is 11.8 Å². The summed E-state index contributed by atoms with van der Waals surface area (Å²) in [4.78, 5) is 27.9. The summed E-state index contributed by atoms with van der Waals surface area (Å²) in [6, 6.07) is 0.330. The molecule has 1 aliphatic heterocycles. The Labute approximate surface area is 114 Å². The van der Waals surface area contributed by atoms with Gasteiger partial charge in [-0.1, -0.05) is 6.92 Å². The highest BCUT2D eigenvalue weighted by molar-refractivity contribution is 5.81. The molecule has 0 spiro atoms. The maximum absolute atomic E-state index is 12.5. The molecule has 1 saturated heterocycles. The van der Waals surface area contributed by atoms with Gasteiger partial charge in [-0.15, -0.1) is 0 Å². The van der Waals surface area contributed by atoms with Gasteiger partial charge in [-0.3, -0.25) is 9.59 Å². The van der Waals surface area contributed by atoms with Crippen molar-refractivity contribution in [3.8, 4) is 0 Å². The van der Waals surface area contributed by atoms with E-state index < -0.39 is 0 Å². The van der Waals surface area contributed by atoms with E-state index in [1.165, 1.54) is 0 Å². The Kier molecular flexibility index (Phi) is 4.80. The van der Waals surface area contributed by atoms with Crippen molar-refractivity contribution in [1.82, 2.24) is 9.80 Å². The second-order valence-electron chi connectivity index (χ2n) is 5.52. The summed E-state index contributed by atoms with van der Waals surface area (Å²) in [5.41, 5.74) is 0. The predicted octanol–water partition coefficient (Wildman–Crippen LogP) is 0.618. The zero-order chi connectivity index (χ0) is 13.8. The van der Waals surface area contributed by atoms with Gasteiger partial charge in [0.15, 0.2) is 0 Å². The van der Waals surface area contributed by atoms with Gasteiger partial charge in [0.1, 0.15) is 0 Å². The minimum absolute atomic E-state index is 0.0204. The van der Waals surface area contributed by atoms with Crippen LogP contribution in [0.15, 0.2) is 0 Å². The van der Waals surface area contributed by atoms with Crippen LogP contribution in [-0.4, -0.2) is 59.0 Å². The third-order valence-electron chi connectivity index (χ3n) is 4.04. The number of hydrogen-bond acceptors (Lipinski definition) is 3. The number of amides is 2. The van der Waals surface area contributed by atoms with Gasteiger partial charge in [-0.2, -0.15) is 0 Å². The normalized spacial score (nSPS) is 23.3. The molecular formula is C14H24N2O3. The molecule has 2 amide bonds. The molecule has 1 atom stereocenters. The van der Waals surface area contributed by atoms with E-state index in [1.807, 2.05) is 16.7 Å². The lowest BCUT2D eigenvalue weighted by Crippen LogP contribution is -2.47. The minimum Gasteiger partial charge on any atom is -0.395 e. The minimum atomic E-state index is -0.0728. The predicted molar refractivity (Wildman–Crippen MR) is 71.4 cm³/mol. The van der Waals surface area contributed by atoms with Crippen LogP contribution in [0.4, 0.5) is 0 Å². The summed E-state index contributed by atoms with van der Waals surface area (Å²) in [6.07, 6.45) is 4.37. The molecule has 19 heavy (non-hydrogen) atoms. The third-order valence-corrected chi connectivity index (χ3v) is 4.04. The SMILES string of the molecule is CCC(=O)N1CCCC(C(=O)N(CCO)C2CC2)C1. The third kappa shape index (κ3) is 3.47. The van der Waals surface area contributed by atoms with Crippen molar-refractivity contribution < 1.29 is 14.7 Å². The molecule has 1 unspecified atom stereocenters. The lowest BCUT2D eigenvalue weighted by Gasteiger charge is -2.35. The van der Waals surface area contributed by atoms with Crippen LogP contribution in [-0.2, 0) is 9.59 Å². The second kappa shape index (κ2) is 6.37. The Morgan fingerprint density at radius 2 is 2.05 bits per heavy atom. The van der Waals surface area contributed by atoms with E-state index in [0.29, 0.717) is 25.6 Å². The summed E-state index contributed by atoms with van der Waals surface area (Å²) < 4.78 is 0. The van der Waals surface area contributed by atoms with Gasteiger partial charge < -0.3 is 14.9 Å². The summed E-state index contributed by atoms with van der Waals surface area (Å²) in [7, 11) is 0. The Morgan fingerprint density at radius 3 is 2.63 bits per heavy atom. The Balaban J connectivity index is 1.95. The molecule has 1 saturated carbocycles. The fraction of sp³-hybridized carbons (Fsp3) is 0.857. The molecular weight excluding hydrogens is 244 g/mol. The number of nitrogens with zero attached hydrogens (tertiary/aromatic N) is 2. The van der Waals surface area contributed by atoms with Crippen molar-refractivity contribution >= 4 is 11.8 Å². The van der Waals surface area contributed by atoms with Crippen molar-refractivity contribution in [1.29, 1.82) is 0 Å². The second-order valence-corrected chi connectivity index (χ2v) is 5.52. The molecule has 1 heterocycles. The zero-order valence-corrected chi connectivity index (χ0v) is 11.7. The van der Waals surface area contributed by atoms with Crippen LogP contribution < -0.4 is 0 Å². The monoisotopic (exact) mass is 268 g/mol. The van der Waals surface area contributed by atoms with Crippen LogP contribution in [0.3, 0.4) is 0 Å². The van der Waals surface area contributed by atoms with Crippen LogP contribution in [0, 0.1) is 5.92 Å². The zero-order valence-electron chi connectivity index (χ0n) is 11.7. The van der Waals surface area contributed by atoms with E-state index in [4.69, 9.17) is 5.11 Å². The van der Waals surface area contributed by atoms with Crippen molar-refractivity contribution in [2.24, 2.45) is 5.92 Å². The summed E-state index contributed by atoms with van der Waals surface area (Å²) in [6.45, 7) is 3.64. The molecule has 0 radical (unpaired) electrons. The molecule has 0 aromatic heterocycles. The van der Waals surface area contributed by atoms with E-state index >= 15 is 0 Å². The van der Waals surface area contributed by atoms with Gasteiger partial charge in [0, 0.05) is 32.1 Å². The number of aliphatic hydroxyl groups is 1. The van der Waals surface area contributed by atoms with E-state index in [1.54, 1.807) is 0 Å². The molecule has 0 aromatic rings. The molecule has 1 N–H and O–H groups in total. The molecule has 5 nitrogen and oxygen atoms in total. The fourth-order valence-corrected chi connectivity index (χ4v) is 2.83. The van der Waals surface area contributed by atoms with Gasteiger partial charge in [-0.25, -0.2) is 0 Å². The molecule has 2 aliphatic rings. The summed E-state index contributed by atoms with van der Waals surface area (Å²) >= 11 is 0. The first-order chi connectivity index (χ1) is 9.17. The first-order valence-electron chi connectivity index (χ1n) is 7.36. The maximum atomic E-state index is 12.5. The highest BCUT2D eigenvalue weighted by Crippen LogP contribution is 2.29. The lowest BCUT2D eigenvalue weighted by atomic mass is 9.96. The summed E-state index contributed by atoms with van der Waals surface area (Å²) in [5.74, 6) is 0.194. The average molecular weight is 268 g/mol. The van der Waals surface area contributed by atoms with Crippen LogP contribution in [0.5, 0.6) is 0 Å². The van der Waals surface area contributed by atoms with Crippen molar-refractivity contribution in [3.05, 3.63) is 0 Å². The topological polar surface area (TPSA) is 60.9 Å². The first kappa shape index (κ1) is 14.3. The van der Waals surface area contributed by atoms with E-state index in [9.17, 15) is 9.59 Å². The van der Waals surface area contributed by atoms with Crippen LogP contribution in [0.1, 0.15) is 39.0 Å². The number of hydrogen-bond donors (Lipinski definition) is 1. The van der Waals surface area contributed by atoms with Crippen molar-refractivity contribution in [3.63, 3.8) is 0 Å². The number of carbonyl (C=O) groups is 2. The van der Waals surface area contributed by atoms with Gasteiger partial charge >= 0.3 is 0 Å². The average Bonchev–Trinajstić information content (AvgIpc) is 3.27. The molecule has 0 aromatic carbocycles. The van der Waals surface area contributed by atoms with E-state index in [-0.39, 0.29) is 24.3 Å². The number of aliphatic hydroxyl groups excluding tert-OH is 1. The Bertz CT molecular complexity index is 342. The van der Waals surface area contributed by atoms with Crippen LogP contribution >= 0.6 is 0 Å². The lowest BCUT2D eigenvalue weighted by molar-refractivity contribution is -0.141. The molecule has 5 heteroatoms. The molecule has 1 aliphatic carbocycles.